The number of aliphatic hydroxyl groups is 1. The molecule has 8 nitrogen and oxygen atoms in total. The van der Waals surface area contributed by atoms with E-state index in [0.717, 1.165) is 0 Å². The first kappa shape index (κ1) is 14.6. The Bertz CT molecular complexity index is 476. The van der Waals surface area contributed by atoms with Crippen LogP contribution in [0.15, 0.2) is 12.3 Å². The highest BCUT2D eigenvalue weighted by molar-refractivity contribution is 5.47. The second kappa shape index (κ2) is 6.60. The van der Waals surface area contributed by atoms with Crippen LogP contribution in [0.4, 0.5) is 11.5 Å². The second-order valence-electron chi connectivity index (χ2n) is 4.54. The molecule has 0 radical (unpaired) electrons. The lowest BCUT2D eigenvalue weighted by atomic mass is 10.2. The average molecular weight is 283 g/mol. The van der Waals surface area contributed by atoms with Gasteiger partial charge < -0.3 is 19.9 Å². The number of anilines is 1. The van der Waals surface area contributed by atoms with E-state index >= 15 is 0 Å². The van der Waals surface area contributed by atoms with E-state index in [-0.39, 0.29) is 24.6 Å². The third-order valence-electron chi connectivity index (χ3n) is 3.02. The Labute approximate surface area is 115 Å². The topological polar surface area (TPSA) is 107 Å². The van der Waals surface area contributed by atoms with Gasteiger partial charge in [-0.15, -0.1) is 0 Å². The summed E-state index contributed by atoms with van der Waals surface area (Å²) < 4.78 is 10.6. The number of aryl methyl sites for hydroxylation is 1. The molecule has 0 aliphatic carbocycles. The molecule has 2 heterocycles. The van der Waals surface area contributed by atoms with Gasteiger partial charge in [0.15, 0.2) is 6.29 Å². The maximum absolute atomic E-state index is 10.7. The molecule has 1 saturated heterocycles. The molecule has 0 aromatic carbocycles. The number of nitro groups is 1. The van der Waals surface area contributed by atoms with Crippen molar-refractivity contribution < 1.29 is 19.5 Å². The summed E-state index contributed by atoms with van der Waals surface area (Å²) in [5, 5.41) is 23.1. The highest BCUT2D eigenvalue weighted by Gasteiger charge is 2.21. The second-order valence-corrected chi connectivity index (χ2v) is 4.54. The molecule has 1 fully saturated rings. The van der Waals surface area contributed by atoms with Gasteiger partial charge in [0, 0.05) is 12.0 Å². The predicted octanol–water partition coefficient (Wildman–Crippen LogP) is 0.834. The lowest BCUT2D eigenvalue weighted by Crippen LogP contribution is -2.29. The number of hydrogen-bond acceptors (Lipinski definition) is 7. The van der Waals surface area contributed by atoms with E-state index in [1.165, 1.54) is 6.20 Å². The van der Waals surface area contributed by atoms with Crippen LogP contribution in [0, 0.1) is 17.0 Å². The molecule has 0 spiro atoms. The standard InChI is InChI=1S/C12H17N3O5/c1-8-4-11(13-6-10(8)15(17)18)14-9(7-16)5-12-19-2-3-20-12/h4,6,9,12,16H,2-3,5,7H2,1H3,(H,13,14). The maximum Gasteiger partial charge on any atom is 0.290 e. The van der Waals surface area contributed by atoms with Crippen LogP contribution in [0.25, 0.3) is 0 Å². The first-order valence-corrected chi connectivity index (χ1v) is 6.31. The van der Waals surface area contributed by atoms with Crippen LogP contribution in [-0.2, 0) is 9.47 Å². The van der Waals surface area contributed by atoms with E-state index in [2.05, 4.69) is 10.3 Å². The zero-order valence-electron chi connectivity index (χ0n) is 11.1. The summed E-state index contributed by atoms with van der Waals surface area (Å²) in [4.78, 5) is 14.2. The number of nitrogens with one attached hydrogen (secondary N) is 1. The number of ether oxygens (including phenoxy) is 2. The van der Waals surface area contributed by atoms with Gasteiger partial charge in [-0.1, -0.05) is 0 Å². The van der Waals surface area contributed by atoms with Crippen molar-refractivity contribution in [2.24, 2.45) is 0 Å². The molecular formula is C12H17N3O5. The predicted molar refractivity (Wildman–Crippen MR) is 70.4 cm³/mol. The van der Waals surface area contributed by atoms with E-state index in [4.69, 9.17) is 9.47 Å². The molecule has 0 bridgehead atoms. The largest absolute Gasteiger partial charge is 0.394 e. The number of aromatic nitrogens is 1. The number of rotatable bonds is 6. The van der Waals surface area contributed by atoms with Crippen molar-refractivity contribution >= 4 is 11.5 Å². The van der Waals surface area contributed by atoms with Crippen molar-refractivity contribution in [1.29, 1.82) is 0 Å². The van der Waals surface area contributed by atoms with Crippen molar-refractivity contribution in [3.63, 3.8) is 0 Å². The van der Waals surface area contributed by atoms with Gasteiger partial charge in [-0.05, 0) is 13.0 Å². The van der Waals surface area contributed by atoms with Crippen molar-refractivity contribution in [3.8, 4) is 0 Å². The molecule has 1 unspecified atom stereocenters. The Balaban J connectivity index is 1.99. The first-order chi connectivity index (χ1) is 9.60. The average Bonchev–Trinajstić information content (AvgIpc) is 2.90. The Morgan fingerprint density at radius 3 is 2.85 bits per heavy atom. The van der Waals surface area contributed by atoms with Gasteiger partial charge >= 0.3 is 0 Å². The Morgan fingerprint density at radius 2 is 2.30 bits per heavy atom. The fourth-order valence-electron chi connectivity index (χ4n) is 1.98. The monoisotopic (exact) mass is 283 g/mol. The summed E-state index contributed by atoms with van der Waals surface area (Å²) in [6.07, 6.45) is 1.35. The lowest BCUT2D eigenvalue weighted by molar-refractivity contribution is -0.385. The number of nitrogens with zero attached hydrogens (tertiary/aromatic N) is 2. The fraction of sp³-hybridized carbons (Fsp3) is 0.583. The van der Waals surface area contributed by atoms with Crippen LogP contribution in [0.2, 0.25) is 0 Å². The van der Waals surface area contributed by atoms with E-state index in [1.807, 2.05) is 0 Å². The smallest absolute Gasteiger partial charge is 0.290 e. The minimum absolute atomic E-state index is 0.0291. The van der Waals surface area contributed by atoms with Gasteiger partial charge in [0.05, 0.1) is 30.8 Å². The normalized spacial score (nSPS) is 17.1. The number of hydrogen-bond donors (Lipinski definition) is 2. The maximum atomic E-state index is 10.7. The van der Waals surface area contributed by atoms with Gasteiger partial charge in [0.25, 0.3) is 5.69 Å². The summed E-state index contributed by atoms with van der Waals surface area (Å²) in [6, 6.07) is 1.29. The first-order valence-electron chi connectivity index (χ1n) is 6.31. The molecule has 1 aliphatic heterocycles. The van der Waals surface area contributed by atoms with Crippen LogP contribution >= 0.6 is 0 Å². The SMILES string of the molecule is Cc1cc(NC(CO)CC2OCCO2)ncc1[N+](=O)[O-]. The van der Waals surface area contributed by atoms with E-state index in [9.17, 15) is 15.2 Å². The molecule has 2 N–H and O–H groups in total. The molecule has 1 aromatic heterocycles. The summed E-state index contributed by atoms with van der Waals surface area (Å²) in [5.74, 6) is 0.477. The minimum Gasteiger partial charge on any atom is -0.394 e. The zero-order valence-corrected chi connectivity index (χ0v) is 11.1. The van der Waals surface area contributed by atoms with E-state index < -0.39 is 4.92 Å². The third kappa shape index (κ3) is 3.62. The molecule has 0 amide bonds. The van der Waals surface area contributed by atoms with Crippen LogP contribution in [0.5, 0.6) is 0 Å². The van der Waals surface area contributed by atoms with Crippen molar-refractivity contribution in [2.45, 2.75) is 25.7 Å². The van der Waals surface area contributed by atoms with Crippen LogP contribution < -0.4 is 5.32 Å². The van der Waals surface area contributed by atoms with Crippen molar-refractivity contribution in [3.05, 3.63) is 27.9 Å². The molecule has 0 saturated carbocycles. The number of aliphatic hydroxyl groups excluding tert-OH is 1. The molecule has 20 heavy (non-hydrogen) atoms. The van der Waals surface area contributed by atoms with Crippen molar-refractivity contribution in [1.82, 2.24) is 4.98 Å². The van der Waals surface area contributed by atoms with Gasteiger partial charge in [-0.3, -0.25) is 10.1 Å². The van der Waals surface area contributed by atoms with Gasteiger partial charge in [0.2, 0.25) is 0 Å². The van der Waals surface area contributed by atoms with E-state index in [1.54, 1.807) is 13.0 Å². The molecule has 8 heteroatoms. The quantitative estimate of drug-likeness (QED) is 0.588. The lowest BCUT2D eigenvalue weighted by Gasteiger charge is -2.19. The Hall–Kier alpha value is -1.77. The Morgan fingerprint density at radius 1 is 1.60 bits per heavy atom. The summed E-state index contributed by atoms with van der Waals surface area (Å²) in [5.41, 5.74) is 0.483. The molecular weight excluding hydrogens is 266 g/mol. The fourth-order valence-corrected chi connectivity index (χ4v) is 1.98. The summed E-state index contributed by atoms with van der Waals surface area (Å²) in [6.45, 7) is 2.64. The molecule has 2 rings (SSSR count). The summed E-state index contributed by atoms with van der Waals surface area (Å²) in [7, 11) is 0. The minimum atomic E-state index is -0.476. The highest BCUT2D eigenvalue weighted by atomic mass is 16.7. The van der Waals surface area contributed by atoms with Crippen LogP contribution in [0.1, 0.15) is 12.0 Å². The van der Waals surface area contributed by atoms with Gasteiger partial charge in [-0.2, -0.15) is 0 Å². The van der Waals surface area contributed by atoms with Gasteiger partial charge in [0.1, 0.15) is 12.0 Å². The van der Waals surface area contributed by atoms with Crippen LogP contribution in [-0.4, -0.2) is 47.2 Å². The molecule has 1 aromatic rings. The molecule has 1 atom stereocenters. The Kier molecular flexibility index (Phi) is 4.83. The van der Waals surface area contributed by atoms with Crippen molar-refractivity contribution in [2.75, 3.05) is 25.1 Å². The highest BCUT2D eigenvalue weighted by Crippen LogP contribution is 2.20. The number of pyridine rings is 1. The molecule has 1 aliphatic rings. The molecule has 110 valence electrons. The van der Waals surface area contributed by atoms with Gasteiger partial charge in [-0.25, -0.2) is 4.98 Å². The zero-order chi connectivity index (χ0) is 14.5. The third-order valence-corrected chi connectivity index (χ3v) is 3.02. The summed E-state index contributed by atoms with van der Waals surface area (Å²) >= 11 is 0. The van der Waals surface area contributed by atoms with E-state index in [0.29, 0.717) is 31.0 Å². The van der Waals surface area contributed by atoms with Crippen LogP contribution in [0.3, 0.4) is 0 Å².